The van der Waals surface area contributed by atoms with Crippen LogP contribution in [0.25, 0.3) is 16.9 Å². The zero-order chi connectivity index (χ0) is 25.2. The van der Waals surface area contributed by atoms with Crippen LogP contribution in [0, 0.1) is 0 Å². The summed E-state index contributed by atoms with van der Waals surface area (Å²) >= 11 is 0. The Morgan fingerprint density at radius 1 is 1.08 bits per heavy atom. The minimum absolute atomic E-state index is 0.0879. The molecular weight excluding hydrogens is 472 g/mol. The van der Waals surface area contributed by atoms with Gasteiger partial charge < -0.3 is 14.4 Å². The van der Waals surface area contributed by atoms with E-state index in [1.54, 1.807) is 64.3 Å². The quantitative estimate of drug-likeness (QED) is 0.430. The normalized spacial score (nSPS) is 12.9. The highest BCUT2D eigenvalue weighted by atomic mass is 19.3. The van der Waals surface area contributed by atoms with Crippen LogP contribution >= 0.6 is 0 Å². The van der Waals surface area contributed by atoms with Crippen LogP contribution in [0.2, 0.25) is 0 Å². The zero-order valence-electron chi connectivity index (χ0n) is 19.1. The number of halogens is 2. The summed E-state index contributed by atoms with van der Waals surface area (Å²) < 4.78 is 36.7. The fourth-order valence-electron chi connectivity index (χ4n) is 4.26. The number of hydrogen-bond acceptors (Lipinski definition) is 6. The summed E-state index contributed by atoms with van der Waals surface area (Å²) in [6.07, 6.45) is 5.47. The molecule has 0 fully saturated rings. The Balaban J connectivity index is 1.46. The molecule has 4 heterocycles. The topological polar surface area (TPSA) is 98.1 Å². The van der Waals surface area contributed by atoms with Gasteiger partial charge in [0.1, 0.15) is 17.2 Å². The first-order valence-electron chi connectivity index (χ1n) is 11.1. The lowest BCUT2D eigenvalue weighted by Crippen LogP contribution is -2.35. The first-order chi connectivity index (χ1) is 17.4. The van der Waals surface area contributed by atoms with Crippen molar-refractivity contribution in [2.24, 2.45) is 0 Å². The first-order valence-corrected chi connectivity index (χ1v) is 11.1. The highest BCUT2D eigenvalue weighted by molar-refractivity contribution is 6.07. The molecule has 4 aromatic rings. The van der Waals surface area contributed by atoms with E-state index in [4.69, 9.17) is 0 Å². The van der Waals surface area contributed by atoms with Gasteiger partial charge in [-0.25, -0.2) is 14.8 Å². The van der Waals surface area contributed by atoms with Gasteiger partial charge in [-0.1, -0.05) is 6.07 Å². The van der Waals surface area contributed by atoms with Crippen molar-refractivity contribution < 1.29 is 27.8 Å². The van der Waals surface area contributed by atoms with Gasteiger partial charge in [-0.15, -0.1) is 0 Å². The second-order valence-corrected chi connectivity index (χ2v) is 8.03. The van der Waals surface area contributed by atoms with Crippen LogP contribution in [0.3, 0.4) is 0 Å². The number of fused-ring (bicyclic) bond motifs is 2. The number of carbonyl (C=O) groups is 2. The molecule has 36 heavy (non-hydrogen) atoms. The molecule has 0 saturated heterocycles. The molecule has 0 atom stereocenters. The molecule has 1 aliphatic heterocycles. The van der Waals surface area contributed by atoms with E-state index in [0.29, 0.717) is 53.4 Å². The monoisotopic (exact) mass is 493 g/mol. The van der Waals surface area contributed by atoms with Crippen LogP contribution in [0.1, 0.15) is 22.3 Å². The molecule has 0 saturated carbocycles. The molecule has 184 valence electrons. The summed E-state index contributed by atoms with van der Waals surface area (Å²) in [5.74, 6) is 0.154. The molecule has 5 rings (SSSR count). The maximum atomic E-state index is 13.5. The van der Waals surface area contributed by atoms with Crippen molar-refractivity contribution in [3.8, 4) is 17.0 Å². The summed E-state index contributed by atoms with van der Waals surface area (Å²) in [5, 5.41) is 2.49. The number of nitrogens with one attached hydrogen (secondary N) is 1. The Labute approximate surface area is 204 Å². The molecule has 9 nitrogen and oxygen atoms in total. The number of carbonyl (C=O) groups excluding carboxylic acids is 2. The van der Waals surface area contributed by atoms with Crippen molar-refractivity contribution in [2.75, 3.05) is 23.9 Å². The number of aromatic nitrogens is 3. The van der Waals surface area contributed by atoms with Crippen molar-refractivity contribution in [3.63, 3.8) is 0 Å². The summed E-state index contributed by atoms with van der Waals surface area (Å²) in [7, 11) is 1.26. The lowest BCUT2D eigenvalue weighted by molar-refractivity contribution is -0.0504. The van der Waals surface area contributed by atoms with Gasteiger partial charge in [-0.2, -0.15) is 8.78 Å². The number of amides is 2. The van der Waals surface area contributed by atoms with Gasteiger partial charge in [0.25, 0.3) is 5.91 Å². The second-order valence-electron chi connectivity index (χ2n) is 8.03. The fraction of sp³-hybridized carbons (Fsp3) is 0.200. The second kappa shape index (κ2) is 9.61. The number of alkyl halides is 2. The standard InChI is InChI=1S/C25H21F2N5O4/c1-35-25(34)30-21-9-7-15(12-28-21)19-13-29-22-10-8-16(14-32(19)22)23(33)31-11-3-4-17-18(31)5-2-6-20(17)36-24(26)27/h2,5-10,12-14,24H,3-4,11H2,1H3,(H,28,30,34). The number of benzene rings is 1. The van der Waals surface area contributed by atoms with Crippen molar-refractivity contribution in [2.45, 2.75) is 19.5 Å². The van der Waals surface area contributed by atoms with Crippen LogP contribution in [-0.2, 0) is 11.2 Å². The number of anilines is 2. The van der Waals surface area contributed by atoms with Gasteiger partial charge in [-0.05, 0) is 49.2 Å². The van der Waals surface area contributed by atoms with E-state index in [2.05, 4.69) is 24.8 Å². The molecular formula is C25H21F2N5O4. The van der Waals surface area contributed by atoms with Crippen LogP contribution < -0.4 is 15.0 Å². The molecule has 0 spiro atoms. The summed E-state index contributed by atoms with van der Waals surface area (Å²) in [5.41, 5.74) is 3.61. The highest BCUT2D eigenvalue weighted by Gasteiger charge is 2.27. The molecule has 1 aliphatic rings. The predicted octanol–water partition coefficient (Wildman–Crippen LogP) is 4.77. The maximum Gasteiger partial charge on any atom is 0.412 e. The Hall–Kier alpha value is -4.54. The lowest BCUT2D eigenvalue weighted by Gasteiger charge is -2.30. The fourth-order valence-corrected chi connectivity index (χ4v) is 4.26. The average molecular weight is 493 g/mol. The van der Waals surface area contributed by atoms with Crippen LogP contribution in [-0.4, -0.2) is 46.6 Å². The van der Waals surface area contributed by atoms with Crippen LogP contribution in [0.4, 0.5) is 25.1 Å². The number of rotatable bonds is 5. The molecule has 1 aromatic carbocycles. The van der Waals surface area contributed by atoms with Gasteiger partial charge in [0.05, 0.1) is 30.3 Å². The molecule has 0 bridgehead atoms. The molecule has 0 unspecified atom stereocenters. The van der Waals surface area contributed by atoms with Gasteiger partial charge in [0.2, 0.25) is 0 Å². The van der Waals surface area contributed by atoms with Crippen molar-refractivity contribution in [1.29, 1.82) is 0 Å². The van der Waals surface area contributed by atoms with E-state index >= 15 is 0 Å². The Bertz CT molecular complexity index is 1440. The van der Waals surface area contributed by atoms with E-state index in [1.165, 1.54) is 13.2 Å². The lowest BCUT2D eigenvalue weighted by atomic mass is 10.00. The number of imidazole rings is 1. The number of ether oxygens (including phenoxy) is 2. The van der Waals surface area contributed by atoms with E-state index in [-0.39, 0.29) is 11.7 Å². The summed E-state index contributed by atoms with van der Waals surface area (Å²) in [4.78, 5) is 35.1. The zero-order valence-corrected chi connectivity index (χ0v) is 19.1. The third kappa shape index (κ3) is 4.42. The molecule has 2 amide bonds. The van der Waals surface area contributed by atoms with Crippen molar-refractivity contribution in [3.05, 3.63) is 72.2 Å². The number of pyridine rings is 2. The van der Waals surface area contributed by atoms with Gasteiger partial charge in [0, 0.05) is 30.1 Å². The molecule has 3 aromatic heterocycles. The maximum absolute atomic E-state index is 13.5. The highest BCUT2D eigenvalue weighted by Crippen LogP contribution is 2.36. The van der Waals surface area contributed by atoms with E-state index in [0.717, 1.165) is 5.56 Å². The van der Waals surface area contributed by atoms with E-state index in [1.807, 2.05) is 0 Å². The van der Waals surface area contributed by atoms with Gasteiger partial charge >= 0.3 is 12.7 Å². The third-order valence-corrected chi connectivity index (χ3v) is 5.90. The number of nitrogens with zero attached hydrogens (tertiary/aromatic N) is 4. The summed E-state index contributed by atoms with van der Waals surface area (Å²) in [6, 6.07) is 11.6. The molecule has 11 heteroatoms. The van der Waals surface area contributed by atoms with Crippen LogP contribution in [0.15, 0.2) is 61.1 Å². The Kier molecular flexibility index (Phi) is 6.19. The largest absolute Gasteiger partial charge is 0.453 e. The minimum Gasteiger partial charge on any atom is -0.453 e. The summed E-state index contributed by atoms with van der Waals surface area (Å²) in [6.45, 7) is -2.48. The smallest absolute Gasteiger partial charge is 0.412 e. The van der Waals surface area contributed by atoms with Crippen LogP contribution in [0.5, 0.6) is 5.75 Å². The Morgan fingerprint density at radius 2 is 1.94 bits per heavy atom. The predicted molar refractivity (Wildman–Crippen MR) is 128 cm³/mol. The molecule has 0 radical (unpaired) electrons. The molecule has 0 aliphatic carbocycles. The number of methoxy groups -OCH3 is 1. The third-order valence-electron chi connectivity index (χ3n) is 5.90. The SMILES string of the molecule is COC(=O)Nc1ccc(-c2cnc3ccc(C(=O)N4CCCc5c(OC(F)F)cccc54)cn23)cn1. The van der Waals surface area contributed by atoms with E-state index < -0.39 is 12.7 Å². The average Bonchev–Trinajstić information content (AvgIpc) is 3.31. The van der Waals surface area contributed by atoms with Gasteiger partial charge in [-0.3, -0.25) is 14.5 Å². The van der Waals surface area contributed by atoms with Crippen molar-refractivity contribution in [1.82, 2.24) is 14.4 Å². The minimum atomic E-state index is -2.94. The molecule has 1 N–H and O–H groups in total. The van der Waals surface area contributed by atoms with E-state index in [9.17, 15) is 18.4 Å². The number of hydrogen-bond donors (Lipinski definition) is 1. The van der Waals surface area contributed by atoms with Gasteiger partial charge in [0.15, 0.2) is 0 Å². The first kappa shape index (κ1) is 23.2. The Morgan fingerprint density at radius 3 is 2.69 bits per heavy atom. The van der Waals surface area contributed by atoms with Crippen molar-refractivity contribution >= 4 is 29.2 Å².